The van der Waals surface area contributed by atoms with Gasteiger partial charge in [-0.25, -0.2) is 9.82 Å². The van der Waals surface area contributed by atoms with Crippen molar-refractivity contribution in [3.63, 3.8) is 0 Å². The van der Waals surface area contributed by atoms with Gasteiger partial charge in [0.2, 0.25) is 17.8 Å². The number of morpholine rings is 2. The first-order chi connectivity index (χ1) is 18.7. The average Bonchev–Trinajstić information content (AvgIpc) is 2.98. The number of hydrogen-bond donors (Lipinski definition) is 1. The standard InChI is InChI=1S/C26H30FN7O4/c1-35-23-16-19(6-7-22(23)38-18-20-4-2-3-5-21(20)27)17-28-32-24-29-25(33-8-12-36-13-9-33)31-26(30-24)34-10-14-37-15-11-34/h2-7,16-17H,8-15,18H2,1H3,(H,29,30,31,32)/b28-17+. The molecule has 3 aromatic rings. The van der Waals surface area contributed by atoms with Crippen molar-refractivity contribution in [2.24, 2.45) is 5.10 Å². The summed E-state index contributed by atoms with van der Waals surface area (Å²) in [4.78, 5) is 18.0. The number of hydrazone groups is 1. The lowest BCUT2D eigenvalue weighted by Crippen LogP contribution is -2.40. The minimum absolute atomic E-state index is 0.0916. The molecule has 2 aromatic carbocycles. The van der Waals surface area contributed by atoms with Gasteiger partial charge in [-0.3, -0.25) is 0 Å². The number of hydrogen-bond acceptors (Lipinski definition) is 11. The Balaban J connectivity index is 1.29. The molecule has 2 aliphatic heterocycles. The zero-order chi connectivity index (χ0) is 26.2. The molecule has 0 radical (unpaired) electrons. The summed E-state index contributed by atoms with van der Waals surface area (Å²) in [6.45, 7) is 5.43. The van der Waals surface area contributed by atoms with Crippen LogP contribution >= 0.6 is 0 Å². The summed E-state index contributed by atoms with van der Waals surface area (Å²) in [7, 11) is 1.55. The van der Waals surface area contributed by atoms with Gasteiger partial charge in [-0.1, -0.05) is 18.2 Å². The Morgan fingerprint density at radius 3 is 2.21 bits per heavy atom. The van der Waals surface area contributed by atoms with Crippen molar-refractivity contribution in [1.82, 2.24) is 15.0 Å². The predicted octanol–water partition coefficient (Wildman–Crippen LogP) is 2.72. The number of methoxy groups -OCH3 is 1. The van der Waals surface area contributed by atoms with Crippen LogP contribution in [0.15, 0.2) is 47.6 Å². The second kappa shape index (κ2) is 12.5. The van der Waals surface area contributed by atoms with E-state index in [9.17, 15) is 4.39 Å². The summed E-state index contributed by atoms with van der Waals surface area (Å²) in [6, 6.07) is 11.9. The van der Waals surface area contributed by atoms with E-state index in [0.717, 1.165) is 5.56 Å². The Bertz CT molecular complexity index is 1210. The fourth-order valence-corrected chi connectivity index (χ4v) is 4.03. The number of rotatable bonds is 9. The molecule has 0 bridgehead atoms. The first-order valence-electron chi connectivity index (χ1n) is 12.4. The van der Waals surface area contributed by atoms with E-state index in [1.165, 1.54) is 6.07 Å². The van der Waals surface area contributed by atoms with Crippen molar-refractivity contribution in [2.45, 2.75) is 6.61 Å². The number of nitrogens with one attached hydrogen (secondary N) is 1. The van der Waals surface area contributed by atoms with E-state index in [2.05, 4.69) is 30.3 Å². The van der Waals surface area contributed by atoms with Crippen molar-refractivity contribution >= 4 is 24.1 Å². The summed E-state index contributed by atoms with van der Waals surface area (Å²) in [5, 5.41) is 4.33. The highest BCUT2D eigenvalue weighted by Gasteiger charge is 2.20. The van der Waals surface area contributed by atoms with Gasteiger partial charge in [-0.05, 0) is 29.8 Å². The number of anilines is 3. The highest BCUT2D eigenvalue weighted by Crippen LogP contribution is 2.28. The van der Waals surface area contributed by atoms with E-state index in [1.807, 2.05) is 6.07 Å². The summed E-state index contributed by atoms with van der Waals surface area (Å²) in [6.07, 6.45) is 1.63. The number of benzene rings is 2. The van der Waals surface area contributed by atoms with Crippen molar-refractivity contribution in [2.75, 3.05) is 74.9 Å². The van der Waals surface area contributed by atoms with E-state index in [0.29, 0.717) is 87.5 Å². The molecule has 0 unspecified atom stereocenters. The van der Waals surface area contributed by atoms with Crippen LogP contribution in [0, 0.1) is 5.82 Å². The number of halogens is 1. The quantitative estimate of drug-likeness (QED) is 0.332. The zero-order valence-electron chi connectivity index (χ0n) is 21.2. The van der Waals surface area contributed by atoms with Crippen molar-refractivity contribution in [3.05, 3.63) is 59.4 Å². The summed E-state index contributed by atoms with van der Waals surface area (Å²) in [5.41, 5.74) is 4.17. The van der Waals surface area contributed by atoms with Gasteiger partial charge in [-0.15, -0.1) is 0 Å². The van der Waals surface area contributed by atoms with Crippen LogP contribution in [0.4, 0.5) is 22.2 Å². The van der Waals surface area contributed by atoms with Crippen molar-refractivity contribution in [3.8, 4) is 11.5 Å². The zero-order valence-corrected chi connectivity index (χ0v) is 21.2. The monoisotopic (exact) mass is 523 g/mol. The summed E-state index contributed by atoms with van der Waals surface area (Å²) >= 11 is 0. The highest BCUT2D eigenvalue weighted by atomic mass is 19.1. The molecule has 2 saturated heterocycles. The van der Waals surface area contributed by atoms with Crippen LogP contribution in [0.5, 0.6) is 11.5 Å². The second-order valence-electron chi connectivity index (χ2n) is 8.62. The Kier molecular flexibility index (Phi) is 8.41. The van der Waals surface area contributed by atoms with E-state index < -0.39 is 0 Å². The Morgan fingerprint density at radius 2 is 1.58 bits per heavy atom. The molecule has 1 aromatic heterocycles. The van der Waals surface area contributed by atoms with E-state index in [-0.39, 0.29) is 12.4 Å². The minimum Gasteiger partial charge on any atom is -0.493 e. The average molecular weight is 524 g/mol. The number of aromatic nitrogens is 3. The molecule has 3 heterocycles. The van der Waals surface area contributed by atoms with Gasteiger partial charge in [0.25, 0.3) is 0 Å². The fourth-order valence-electron chi connectivity index (χ4n) is 4.03. The predicted molar refractivity (Wildman–Crippen MR) is 141 cm³/mol. The van der Waals surface area contributed by atoms with Gasteiger partial charge >= 0.3 is 0 Å². The van der Waals surface area contributed by atoms with E-state index in [1.54, 1.807) is 43.7 Å². The summed E-state index contributed by atoms with van der Waals surface area (Å²) < 4.78 is 36.1. The molecule has 0 spiro atoms. The van der Waals surface area contributed by atoms with E-state index in [4.69, 9.17) is 23.9 Å². The molecule has 1 N–H and O–H groups in total. The third kappa shape index (κ3) is 6.45. The van der Waals surface area contributed by atoms with Gasteiger partial charge in [0.05, 0.1) is 39.8 Å². The lowest BCUT2D eigenvalue weighted by atomic mass is 10.2. The Labute approximate surface area is 220 Å². The van der Waals surface area contributed by atoms with Crippen molar-refractivity contribution in [1.29, 1.82) is 0 Å². The highest BCUT2D eigenvalue weighted by molar-refractivity contribution is 5.81. The Morgan fingerprint density at radius 1 is 0.921 bits per heavy atom. The van der Waals surface area contributed by atoms with Gasteiger partial charge in [0, 0.05) is 31.7 Å². The minimum atomic E-state index is -0.312. The molecule has 0 aliphatic carbocycles. The van der Waals surface area contributed by atoms with E-state index >= 15 is 0 Å². The molecule has 0 amide bonds. The molecule has 0 atom stereocenters. The lowest BCUT2D eigenvalue weighted by molar-refractivity contribution is 0.121. The molecule has 0 saturated carbocycles. The maximum Gasteiger partial charge on any atom is 0.250 e. The van der Waals surface area contributed by atoms with Crippen LogP contribution in [0.2, 0.25) is 0 Å². The molecule has 200 valence electrons. The van der Waals surface area contributed by atoms with Gasteiger partial charge < -0.3 is 28.7 Å². The third-order valence-corrected chi connectivity index (χ3v) is 6.11. The third-order valence-electron chi connectivity index (χ3n) is 6.11. The first kappa shape index (κ1) is 25.6. The maximum absolute atomic E-state index is 13.9. The lowest BCUT2D eigenvalue weighted by Gasteiger charge is -2.30. The first-order valence-corrected chi connectivity index (χ1v) is 12.4. The molecule has 38 heavy (non-hydrogen) atoms. The van der Waals surface area contributed by atoms with Gasteiger partial charge in [0.1, 0.15) is 12.4 Å². The van der Waals surface area contributed by atoms with Crippen LogP contribution in [-0.4, -0.2) is 80.9 Å². The fraction of sp³-hybridized carbons (Fsp3) is 0.385. The van der Waals surface area contributed by atoms with Gasteiger partial charge in [0.15, 0.2) is 11.5 Å². The van der Waals surface area contributed by atoms with Crippen LogP contribution in [-0.2, 0) is 16.1 Å². The largest absolute Gasteiger partial charge is 0.493 e. The Hall–Kier alpha value is -4.03. The molecule has 11 nitrogen and oxygen atoms in total. The van der Waals surface area contributed by atoms with Crippen LogP contribution < -0.4 is 24.7 Å². The second-order valence-corrected chi connectivity index (χ2v) is 8.62. The van der Waals surface area contributed by atoms with Crippen LogP contribution in [0.25, 0.3) is 0 Å². The normalized spacial score (nSPS) is 16.1. The van der Waals surface area contributed by atoms with Gasteiger partial charge in [-0.2, -0.15) is 20.1 Å². The smallest absolute Gasteiger partial charge is 0.250 e. The topological polar surface area (TPSA) is 106 Å². The summed E-state index contributed by atoms with van der Waals surface area (Å²) in [5.74, 6) is 2.21. The molecule has 12 heteroatoms. The van der Waals surface area contributed by atoms with Crippen LogP contribution in [0.3, 0.4) is 0 Å². The van der Waals surface area contributed by atoms with Crippen LogP contribution in [0.1, 0.15) is 11.1 Å². The number of ether oxygens (including phenoxy) is 4. The number of nitrogens with zero attached hydrogens (tertiary/aromatic N) is 6. The maximum atomic E-state index is 13.9. The molecule has 2 aliphatic rings. The SMILES string of the molecule is COc1cc(/C=N/Nc2nc(N3CCOCC3)nc(N3CCOCC3)n2)ccc1OCc1ccccc1F. The molecule has 5 rings (SSSR count). The van der Waals surface area contributed by atoms with Crippen molar-refractivity contribution < 1.29 is 23.3 Å². The molecule has 2 fully saturated rings. The molecular weight excluding hydrogens is 493 g/mol. The molecular formula is C26H30FN7O4.